The molecule has 4 rings (SSSR count). The van der Waals surface area contributed by atoms with Crippen molar-refractivity contribution >= 4 is 23.6 Å². The summed E-state index contributed by atoms with van der Waals surface area (Å²) in [4.78, 5) is 28.5. The van der Waals surface area contributed by atoms with Gasteiger partial charge in [-0.2, -0.15) is 5.10 Å². The van der Waals surface area contributed by atoms with Crippen LogP contribution in [0.5, 0.6) is 0 Å². The maximum absolute atomic E-state index is 14.2. The molecular formula is C19H23FN6O3. The number of halogens is 1. The minimum Gasteiger partial charge on any atom is -0.446 e. The van der Waals surface area contributed by atoms with Crippen LogP contribution in [0.1, 0.15) is 54.7 Å². The summed E-state index contributed by atoms with van der Waals surface area (Å²) in [7, 11) is 0. The molecule has 1 aliphatic heterocycles. The van der Waals surface area contributed by atoms with E-state index in [1.807, 2.05) is 6.92 Å². The summed E-state index contributed by atoms with van der Waals surface area (Å²) in [5.74, 6) is -0.495. The number of rotatable bonds is 0. The molecule has 0 saturated heterocycles. The third-order valence-electron chi connectivity index (χ3n) is 5.25. The van der Waals surface area contributed by atoms with Gasteiger partial charge in [-0.05, 0) is 44.7 Å². The number of hydrogen-bond donors (Lipinski definition) is 4. The number of ether oxygens (including phenoxy) is 1. The monoisotopic (exact) mass is 402 g/mol. The first-order valence-electron chi connectivity index (χ1n) is 9.72. The van der Waals surface area contributed by atoms with Crippen LogP contribution in [-0.4, -0.2) is 45.9 Å². The van der Waals surface area contributed by atoms with E-state index in [0.29, 0.717) is 25.2 Å². The highest BCUT2D eigenvalue weighted by molar-refractivity contribution is 5.92. The molecule has 2 aromatic rings. The maximum atomic E-state index is 14.2. The van der Waals surface area contributed by atoms with Gasteiger partial charge in [0.2, 0.25) is 0 Å². The first-order valence-corrected chi connectivity index (χ1v) is 9.72. The van der Waals surface area contributed by atoms with Gasteiger partial charge in [-0.25, -0.2) is 14.2 Å². The number of nitrogens with one attached hydrogen (secondary N) is 4. The van der Waals surface area contributed by atoms with Gasteiger partial charge in [0, 0.05) is 30.3 Å². The van der Waals surface area contributed by atoms with Gasteiger partial charge >= 0.3 is 6.09 Å². The van der Waals surface area contributed by atoms with Crippen LogP contribution in [0.25, 0.3) is 0 Å². The van der Waals surface area contributed by atoms with Crippen LogP contribution in [0, 0.1) is 5.82 Å². The highest BCUT2D eigenvalue weighted by atomic mass is 19.1. The topological polar surface area (TPSA) is 121 Å². The molecule has 6 bridgehead atoms. The average molecular weight is 402 g/mol. The zero-order chi connectivity index (χ0) is 20.4. The third kappa shape index (κ3) is 4.47. The molecule has 4 N–H and O–H groups in total. The standard InChI is InChI=1S/C19H23FN6O3/c1-10-6-7-21-19(28)29-12-3-2-11(8-12)15-9-16(26-25-15)24-17-13(20)4-5-14(23-17)18(27)22-10/h4-5,9-12H,2-3,6-8H2,1H3,(H,21,28)(H,22,27)(H2,23,24,25,26)/t10-,11+,12-/m1/s1. The number of aromatic amines is 1. The van der Waals surface area contributed by atoms with Gasteiger partial charge in [0.05, 0.1) is 0 Å². The number of carbonyl (C=O) groups is 2. The van der Waals surface area contributed by atoms with Gasteiger partial charge in [0.15, 0.2) is 17.5 Å². The number of fused-ring (bicyclic) bond motifs is 7. The van der Waals surface area contributed by atoms with Gasteiger partial charge in [-0.1, -0.05) is 0 Å². The van der Waals surface area contributed by atoms with E-state index in [2.05, 4.69) is 31.1 Å². The van der Waals surface area contributed by atoms with E-state index in [-0.39, 0.29) is 29.6 Å². The molecular weight excluding hydrogens is 379 g/mol. The summed E-state index contributed by atoms with van der Waals surface area (Å²) < 4.78 is 19.7. The summed E-state index contributed by atoms with van der Waals surface area (Å²) in [5.41, 5.74) is 0.965. The first kappa shape index (κ1) is 19.2. The number of H-pyrrole nitrogens is 1. The van der Waals surface area contributed by atoms with E-state index in [1.54, 1.807) is 6.07 Å². The lowest BCUT2D eigenvalue weighted by molar-refractivity contribution is 0.0932. The van der Waals surface area contributed by atoms with Crippen molar-refractivity contribution in [3.05, 3.63) is 35.4 Å². The fourth-order valence-corrected chi connectivity index (χ4v) is 3.67. The van der Waals surface area contributed by atoms with Crippen LogP contribution >= 0.6 is 0 Å². The van der Waals surface area contributed by atoms with Crippen LogP contribution in [0.2, 0.25) is 0 Å². The van der Waals surface area contributed by atoms with Crippen LogP contribution in [0.4, 0.5) is 20.8 Å². The molecule has 0 radical (unpaired) electrons. The molecule has 9 nitrogen and oxygen atoms in total. The average Bonchev–Trinajstić information content (AvgIpc) is 3.32. The van der Waals surface area contributed by atoms with Crippen molar-refractivity contribution in [1.29, 1.82) is 0 Å². The quantitative estimate of drug-likeness (QED) is 0.537. The summed E-state index contributed by atoms with van der Waals surface area (Å²) in [6, 6.07) is 4.09. The summed E-state index contributed by atoms with van der Waals surface area (Å²) >= 11 is 0. The number of carbonyl (C=O) groups excluding carboxylic acids is 2. The smallest absolute Gasteiger partial charge is 0.407 e. The Morgan fingerprint density at radius 3 is 2.93 bits per heavy atom. The second-order valence-electron chi connectivity index (χ2n) is 7.49. The highest BCUT2D eigenvalue weighted by Crippen LogP contribution is 2.36. The SMILES string of the molecule is C[C@@H]1CCNC(=O)O[C@@H]2CC[C@@H](C2)c2cc(n[nH]2)Nc2nc(ccc2F)C(=O)N1. The summed E-state index contributed by atoms with van der Waals surface area (Å²) in [6.45, 7) is 2.18. The van der Waals surface area contributed by atoms with Crippen molar-refractivity contribution in [2.45, 2.75) is 50.7 Å². The Kier molecular flexibility index (Phi) is 5.32. The van der Waals surface area contributed by atoms with Gasteiger partial charge in [0.1, 0.15) is 11.8 Å². The Balaban J connectivity index is 1.60. The number of pyridine rings is 1. The molecule has 2 aliphatic rings. The number of aromatic nitrogens is 3. The molecule has 3 heterocycles. The molecule has 3 atom stereocenters. The Labute approximate surface area is 166 Å². The van der Waals surface area contributed by atoms with Crippen LogP contribution in [0.3, 0.4) is 0 Å². The minimum absolute atomic E-state index is 0.0654. The molecule has 1 saturated carbocycles. The van der Waals surface area contributed by atoms with Crippen molar-refractivity contribution in [1.82, 2.24) is 25.8 Å². The van der Waals surface area contributed by atoms with E-state index in [9.17, 15) is 14.0 Å². The maximum Gasteiger partial charge on any atom is 0.407 e. The largest absolute Gasteiger partial charge is 0.446 e. The second-order valence-corrected chi connectivity index (χ2v) is 7.49. The Bertz CT molecular complexity index is 917. The van der Waals surface area contributed by atoms with Crippen LogP contribution in [0.15, 0.2) is 18.2 Å². The fourth-order valence-electron chi connectivity index (χ4n) is 3.67. The van der Waals surface area contributed by atoms with Crippen molar-refractivity contribution in [3.8, 4) is 0 Å². The van der Waals surface area contributed by atoms with E-state index >= 15 is 0 Å². The second kappa shape index (κ2) is 8.06. The highest BCUT2D eigenvalue weighted by Gasteiger charge is 2.30. The van der Waals surface area contributed by atoms with Crippen LogP contribution in [-0.2, 0) is 4.74 Å². The first-order chi connectivity index (χ1) is 14.0. The zero-order valence-electron chi connectivity index (χ0n) is 16.0. The van der Waals surface area contributed by atoms with E-state index in [4.69, 9.17) is 4.74 Å². The van der Waals surface area contributed by atoms with Gasteiger partial charge in [-0.15, -0.1) is 0 Å². The van der Waals surface area contributed by atoms with Gasteiger partial charge in [-0.3, -0.25) is 9.89 Å². The number of hydrogen-bond acceptors (Lipinski definition) is 6. The van der Waals surface area contributed by atoms with Crippen molar-refractivity contribution in [2.75, 3.05) is 11.9 Å². The Hall–Kier alpha value is -3.17. The van der Waals surface area contributed by atoms with Crippen molar-refractivity contribution in [2.24, 2.45) is 0 Å². The lowest BCUT2D eigenvalue weighted by atomic mass is 10.0. The predicted molar refractivity (Wildman–Crippen MR) is 102 cm³/mol. The normalized spacial score (nSPS) is 25.1. The number of amides is 2. The molecule has 29 heavy (non-hydrogen) atoms. The lowest BCUT2D eigenvalue weighted by Crippen LogP contribution is -2.37. The Morgan fingerprint density at radius 2 is 2.07 bits per heavy atom. The third-order valence-corrected chi connectivity index (χ3v) is 5.25. The Morgan fingerprint density at radius 1 is 1.21 bits per heavy atom. The molecule has 2 amide bonds. The zero-order valence-corrected chi connectivity index (χ0v) is 16.0. The van der Waals surface area contributed by atoms with E-state index in [0.717, 1.165) is 18.5 Å². The van der Waals surface area contributed by atoms with Gasteiger partial charge < -0.3 is 20.7 Å². The molecule has 2 aromatic heterocycles. The molecule has 1 aliphatic carbocycles. The molecule has 0 aromatic carbocycles. The van der Waals surface area contributed by atoms with E-state index in [1.165, 1.54) is 12.1 Å². The van der Waals surface area contributed by atoms with E-state index < -0.39 is 17.8 Å². The summed E-state index contributed by atoms with van der Waals surface area (Å²) in [5, 5.41) is 15.5. The van der Waals surface area contributed by atoms with Crippen molar-refractivity contribution in [3.63, 3.8) is 0 Å². The summed E-state index contributed by atoms with van der Waals surface area (Å²) in [6.07, 6.45) is 2.23. The van der Waals surface area contributed by atoms with Gasteiger partial charge in [0.25, 0.3) is 5.91 Å². The molecule has 10 heteroatoms. The van der Waals surface area contributed by atoms with Crippen LogP contribution < -0.4 is 16.0 Å². The minimum atomic E-state index is -0.578. The number of nitrogens with zero attached hydrogens (tertiary/aromatic N) is 2. The predicted octanol–water partition coefficient (Wildman–Crippen LogP) is 2.57. The lowest BCUT2D eigenvalue weighted by Gasteiger charge is -2.16. The number of anilines is 2. The molecule has 154 valence electrons. The number of alkyl carbamates (subject to hydrolysis) is 1. The fraction of sp³-hybridized carbons (Fsp3) is 0.474. The molecule has 0 spiro atoms. The molecule has 1 fully saturated rings. The van der Waals surface area contributed by atoms with Crippen molar-refractivity contribution < 1.29 is 18.7 Å². The molecule has 0 unspecified atom stereocenters.